The van der Waals surface area contributed by atoms with Crippen LogP contribution >= 0.6 is 0 Å². The fourth-order valence-electron chi connectivity index (χ4n) is 4.50. The fourth-order valence-corrected chi connectivity index (χ4v) is 4.50. The highest BCUT2D eigenvalue weighted by molar-refractivity contribution is 5.87. The Bertz CT molecular complexity index is 1050. The molecule has 2 aromatic carbocycles. The van der Waals surface area contributed by atoms with Gasteiger partial charge in [-0.2, -0.15) is 0 Å². The number of hydrogen-bond acceptors (Lipinski definition) is 2. The quantitative estimate of drug-likeness (QED) is 0.422. The van der Waals surface area contributed by atoms with Crippen LogP contribution in [0.3, 0.4) is 0 Å². The topological polar surface area (TPSA) is 42.2 Å². The molecule has 1 saturated carbocycles. The van der Waals surface area contributed by atoms with Crippen molar-refractivity contribution in [3.8, 4) is 0 Å². The number of nitrogens with one attached hydrogen (secondary N) is 1. The molecule has 0 saturated heterocycles. The van der Waals surface area contributed by atoms with Gasteiger partial charge < -0.3 is 9.73 Å². The van der Waals surface area contributed by atoms with Crippen LogP contribution in [0.25, 0.3) is 0 Å². The Morgan fingerprint density at radius 2 is 1.84 bits per heavy atom. The summed E-state index contributed by atoms with van der Waals surface area (Å²) >= 11 is 0. The maximum absolute atomic E-state index is 13.9. The van der Waals surface area contributed by atoms with Crippen LogP contribution < -0.4 is 5.32 Å². The summed E-state index contributed by atoms with van der Waals surface area (Å²) in [5, 5.41) is 3.00. The summed E-state index contributed by atoms with van der Waals surface area (Å²) in [6.07, 6.45) is 10.3. The monoisotopic (exact) mass is 435 g/mol. The zero-order valence-corrected chi connectivity index (χ0v) is 18.1. The highest BCUT2D eigenvalue weighted by atomic mass is 19.1. The Hall–Kier alpha value is -3.21. The number of halogens is 2. The molecule has 0 spiro atoms. The van der Waals surface area contributed by atoms with Crippen LogP contribution in [0.2, 0.25) is 0 Å². The Morgan fingerprint density at radius 3 is 2.44 bits per heavy atom. The minimum atomic E-state index is -0.517. The van der Waals surface area contributed by atoms with Gasteiger partial charge in [-0.15, -0.1) is 0 Å². The molecule has 3 aromatic rings. The molecule has 5 heteroatoms. The lowest BCUT2D eigenvalue weighted by atomic mass is 9.85. The molecule has 1 fully saturated rings. The number of rotatable bonds is 9. The number of carbonyl (C=O) groups excluding carboxylic acids is 1. The third-order valence-corrected chi connectivity index (χ3v) is 6.25. The molecular weight excluding hydrogens is 408 g/mol. The van der Waals surface area contributed by atoms with E-state index in [4.69, 9.17) is 4.42 Å². The van der Waals surface area contributed by atoms with E-state index in [1.54, 1.807) is 30.7 Å². The third-order valence-electron chi connectivity index (χ3n) is 6.25. The second-order valence-electron chi connectivity index (χ2n) is 8.60. The van der Waals surface area contributed by atoms with E-state index in [2.05, 4.69) is 5.32 Å². The molecule has 166 valence electrons. The van der Waals surface area contributed by atoms with Gasteiger partial charge in [0.15, 0.2) is 0 Å². The maximum Gasteiger partial charge on any atom is 0.243 e. The van der Waals surface area contributed by atoms with Gasteiger partial charge in [0.1, 0.15) is 11.6 Å². The van der Waals surface area contributed by atoms with Gasteiger partial charge in [0.05, 0.1) is 12.5 Å². The fraction of sp³-hybridized carbons (Fsp3) is 0.296. The molecule has 1 aromatic heterocycles. The lowest BCUT2D eigenvalue weighted by molar-refractivity contribution is -0.117. The molecule has 4 rings (SSSR count). The van der Waals surface area contributed by atoms with Crippen LogP contribution in [-0.2, 0) is 16.6 Å². The second kappa shape index (κ2) is 9.51. The van der Waals surface area contributed by atoms with Crippen molar-refractivity contribution in [2.45, 2.75) is 44.1 Å². The number of carbonyl (C=O) groups is 1. The number of hydrogen-bond donors (Lipinski definition) is 1. The molecule has 0 aliphatic heterocycles. The highest BCUT2D eigenvalue weighted by Gasteiger charge is 2.55. The van der Waals surface area contributed by atoms with Gasteiger partial charge in [0, 0.05) is 11.5 Å². The standard InChI is InChI=1S/C27H27F2NO2/c1-19(5-2-6-20-13-14-32-18-20)30-26(31)12-11-23-17-27(23,21-7-3-9-24(28)15-21)22-8-4-10-25(29)16-22/h3-4,7-16,18-19,23H,2,5-6,17H2,1H3,(H,30,31)/t19-,23-/m0/s1. The van der Waals surface area contributed by atoms with E-state index in [-0.39, 0.29) is 29.5 Å². The molecule has 32 heavy (non-hydrogen) atoms. The number of benzene rings is 2. The number of furan rings is 1. The first-order chi connectivity index (χ1) is 15.5. The van der Waals surface area contributed by atoms with Gasteiger partial charge in [0.2, 0.25) is 5.91 Å². The number of allylic oxidation sites excluding steroid dienone is 1. The molecule has 3 nitrogen and oxygen atoms in total. The lowest BCUT2D eigenvalue weighted by Gasteiger charge is -2.18. The van der Waals surface area contributed by atoms with Crippen molar-refractivity contribution in [1.29, 1.82) is 0 Å². The van der Waals surface area contributed by atoms with Gasteiger partial charge in [-0.1, -0.05) is 30.3 Å². The highest BCUT2D eigenvalue weighted by Crippen LogP contribution is 2.59. The molecule has 1 aliphatic carbocycles. The first-order valence-electron chi connectivity index (χ1n) is 11.0. The summed E-state index contributed by atoms with van der Waals surface area (Å²) in [6, 6.07) is 14.9. The number of amides is 1. The summed E-state index contributed by atoms with van der Waals surface area (Å²) in [5.74, 6) is -0.807. The molecule has 1 amide bonds. The Morgan fingerprint density at radius 1 is 1.16 bits per heavy atom. The Labute approximate surface area is 187 Å². The van der Waals surface area contributed by atoms with Gasteiger partial charge in [-0.3, -0.25) is 4.79 Å². The van der Waals surface area contributed by atoms with E-state index >= 15 is 0 Å². The first-order valence-corrected chi connectivity index (χ1v) is 11.0. The molecular formula is C27H27F2NO2. The minimum absolute atomic E-state index is 0.00625. The van der Waals surface area contributed by atoms with Crippen molar-refractivity contribution in [2.24, 2.45) is 5.92 Å². The Kier molecular flexibility index (Phi) is 6.54. The van der Waals surface area contributed by atoms with E-state index < -0.39 is 5.41 Å². The van der Waals surface area contributed by atoms with E-state index in [0.717, 1.165) is 36.0 Å². The zero-order chi connectivity index (χ0) is 22.6. The van der Waals surface area contributed by atoms with E-state index in [1.807, 2.05) is 31.2 Å². The molecule has 0 unspecified atom stereocenters. The van der Waals surface area contributed by atoms with E-state index in [9.17, 15) is 13.6 Å². The minimum Gasteiger partial charge on any atom is -0.472 e. The zero-order valence-electron chi connectivity index (χ0n) is 18.1. The third kappa shape index (κ3) is 4.98. The van der Waals surface area contributed by atoms with E-state index in [0.29, 0.717) is 6.42 Å². The lowest BCUT2D eigenvalue weighted by Crippen LogP contribution is -2.31. The van der Waals surface area contributed by atoms with Crippen LogP contribution in [0.15, 0.2) is 83.7 Å². The van der Waals surface area contributed by atoms with Crippen molar-refractivity contribution in [3.63, 3.8) is 0 Å². The predicted octanol–water partition coefficient (Wildman–Crippen LogP) is 5.95. The van der Waals surface area contributed by atoms with E-state index in [1.165, 1.54) is 24.3 Å². The largest absolute Gasteiger partial charge is 0.472 e. The van der Waals surface area contributed by atoms with Crippen LogP contribution in [-0.4, -0.2) is 11.9 Å². The van der Waals surface area contributed by atoms with Crippen molar-refractivity contribution < 1.29 is 18.0 Å². The molecule has 2 atom stereocenters. The van der Waals surface area contributed by atoms with Crippen LogP contribution in [0, 0.1) is 17.6 Å². The first kappa shape index (κ1) is 22.0. The smallest absolute Gasteiger partial charge is 0.243 e. The summed E-state index contributed by atoms with van der Waals surface area (Å²) in [7, 11) is 0. The van der Waals surface area contributed by atoms with Crippen molar-refractivity contribution >= 4 is 5.91 Å². The van der Waals surface area contributed by atoms with Crippen molar-refractivity contribution in [1.82, 2.24) is 5.32 Å². The van der Waals surface area contributed by atoms with Crippen LogP contribution in [0.4, 0.5) is 8.78 Å². The van der Waals surface area contributed by atoms with Gasteiger partial charge in [-0.05, 0) is 91.6 Å². The summed E-state index contributed by atoms with van der Waals surface area (Å²) in [5.41, 5.74) is 2.23. The molecule has 0 bridgehead atoms. The second-order valence-corrected chi connectivity index (χ2v) is 8.60. The summed E-state index contributed by atoms with van der Waals surface area (Å²) in [6.45, 7) is 1.99. The molecule has 1 aliphatic rings. The molecule has 0 radical (unpaired) electrons. The average Bonchev–Trinajstić information content (AvgIpc) is 3.28. The van der Waals surface area contributed by atoms with Gasteiger partial charge in [0.25, 0.3) is 0 Å². The average molecular weight is 436 g/mol. The Balaban J connectivity index is 1.40. The molecule has 1 heterocycles. The van der Waals surface area contributed by atoms with Gasteiger partial charge in [-0.25, -0.2) is 8.78 Å². The summed E-state index contributed by atoms with van der Waals surface area (Å²) in [4.78, 5) is 12.4. The van der Waals surface area contributed by atoms with Crippen LogP contribution in [0.5, 0.6) is 0 Å². The van der Waals surface area contributed by atoms with Gasteiger partial charge >= 0.3 is 0 Å². The van der Waals surface area contributed by atoms with Crippen molar-refractivity contribution in [2.75, 3.05) is 0 Å². The maximum atomic E-state index is 13.9. The molecule has 1 N–H and O–H groups in total. The summed E-state index contributed by atoms with van der Waals surface area (Å²) < 4.78 is 32.9. The predicted molar refractivity (Wildman–Crippen MR) is 120 cm³/mol. The number of aryl methyl sites for hydroxylation is 1. The SMILES string of the molecule is C[C@@H](CCCc1ccoc1)NC(=O)C=C[C@H]1CC1(c1cccc(F)c1)c1cccc(F)c1. The van der Waals surface area contributed by atoms with Crippen LogP contribution in [0.1, 0.15) is 42.9 Å². The van der Waals surface area contributed by atoms with Crippen molar-refractivity contribution in [3.05, 3.63) is 108 Å². The normalized spacial score (nSPS) is 17.9.